The van der Waals surface area contributed by atoms with Crippen LogP contribution in [0, 0.1) is 5.92 Å². The van der Waals surface area contributed by atoms with Crippen LogP contribution in [0.2, 0.25) is 0 Å². The number of alkyl halides is 3. The summed E-state index contributed by atoms with van der Waals surface area (Å²) in [5, 5.41) is 1.77. The number of hydrogen-bond acceptors (Lipinski definition) is 2. The van der Waals surface area contributed by atoms with E-state index in [1.54, 1.807) is 18.3 Å². The third kappa shape index (κ3) is 4.07. The molecule has 1 aromatic heterocycles. The van der Waals surface area contributed by atoms with Crippen LogP contribution in [0.15, 0.2) is 60.8 Å². The summed E-state index contributed by atoms with van der Waals surface area (Å²) in [5.41, 5.74) is 9.53. The number of pyridine rings is 1. The normalized spacial score (nSPS) is 17.9. The summed E-state index contributed by atoms with van der Waals surface area (Å²) in [6.07, 6.45) is -0.307. The molecule has 0 fully saturated rings. The van der Waals surface area contributed by atoms with Gasteiger partial charge in [0, 0.05) is 23.4 Å². The van der Waals surface area contributed by atoms with Crippen molar-refractivity contribution < 1.29 is 18.0 Å². The molecule has 0 saturated carbocycles. The van der Waals surface area contributed by atoms with Crippen molar-refractivity contribution in [2.45, 2.75) is 38.3 Å². The number of halogens is 3. The van der Waals surface area contributed by atoms with E-state index in [0.29, 0.717) is 12.0 Å². The van der Waals surface area contributed by atoms with Crippen LogP contribution >= 0.6 is 0 Å². The summed E-state index contributed by atoms with van der Waals surface area (Å²) in [6.45, 7) is 1.98. The number of rotatable bonds is 4. The molecule has 3 nitrogen and oxygen atoms in total. The van der Waals surface area contributed by atoms with E-state index in [4.69, 9.17) is 5.73 Å². The molecule has 0 radical (unpaired) electrons. The Morgan fingerprint density at radius 2 is 1.90 bits per heavy atom. The van der Waals surface area contributed by atoms with E-state index in [-0.39, 0.29) is 18.8 Å². The molecule has 0 saturated heterocycles. The lowest BCUT2D eigenvalue weighted by Gasteiger charge is -2.25. The molecule has 1 unspecified atom stereocenters. The first-order valence-electron chi connectivity index (χ1n) is 10.3. The Bertz CT molecular complexity index is 1150. The van der Waals surface area contributed by atoms with Crippen molar-refractivity contribution in [3.05, 3.63) is 83.2 Å². The van der Waals surface area contributed by atoms with Gasteiger partial charge >= 0.3 is 6.18 Å². The molecule has 2 aromatic carbocycles. The summed E-state index contributed by atoms with van der Waals surface area (Å²) in [6, 6.07) is 14.9. The number of hydrogen-bond donors (Lipinski definition) is 1. The molecule has 1 aliphatic carbocycles. The van der Waals surface area contributed by atoms with Crippen LogP contribution in [0.3, 0.4) is 0 Å². The number of primary amides is 1. The van der Waals surface area contributed by atoms with Crippen LogP contribution in [0.1, 0.15) is 59.3 Å². The standard InChI is InChI=1S/C25H23F3N2O/c1-15(22-7-2-3-14-30-22)23-20-6-4-5-18(19(20)12-13-21(23)24(29)31)16-8-10-17(11-9-16)25(26,27)28/h2-8,12-15,17H,9-11H2,1H3,(H2,29,31)/t15-,17?/m1/s1. The Balaban J connectivity index is 1.85. The monoisotopic (exact) mass is 424 g/mol. The fraction of sp³-hybridized carbons (Fsp3) is 0.280. The first-order chi connectivity index (χ1) is 14.8. The Morgan fingerprint density at radius 3 is 2.52 bits per heavy atom. The van der Waals surface area contributed by atoms with Gasteiger partial charge < -0.3 is 5.73 Å². The second kappa shape index (κ2) is 8.17. The fourth-order valence-corrected chi connectivity index (χ4v) is 4.50. The molecule has 6 heteroatoms. The Kier molecular flexibility index (Phi) is 5.56. The summed E-state index contributed by atoms with van der Waals surface area (Å²) in [4.78, 5) is 16.6. The average molecular weight is 424 g/mol. The van der Waals surface area contributed by atoms with E-state index < -0.39 is 18.0 Å². The Labute approximate surface area is 178 Å². The molecule has 160 valence electrons. The van der Waals surface area contributed by atoms with Crippen LogP contribution in [-0.2, 0) is 0 Å². The van der Waals surface area contributed by atoms with Gasteiger partial charge in [-0.2, -0.15) is 13.2 Å². The molecular formula is C25H23F3N2O. The first-order valence-corrected chi connectivity index (χ1v) is 10.3. The van der Waals surface area contributed by atoms with Crippen molar-refractivity contribution in [1.29, 1.82) is 0 Å². The molecule has 0 bridgehead atoms. The second-order valence-electron chi connectivity index (χ2n) is 8.01. The molecule has 1 heterocycles. The van der Waals surface area contributed by atoms with Crippen LogP contribution in [0.5, 0.6) is 0 Å². The maximum Gasteiger partial charge on any atom is 0.392 e. The topological polar surface area (TPSA) is 56.0 Å². The molecule has 2 atom stereocenters. The highest BCUT2D eigenvalue weighted by molar-refractivity contribution is 6.04. The zero-order chi connectivity index (χ0) is 22.2. The van der Waals surface area contributed by atoms with Crippen molar-refractivity contribution in [2.24, 2.45) is 11.7 Å². The minimum absolute atomic E-state index is 0.00815. The van der Waals surface area contributed by atoms with Crippen molar-refractivity contribution >= 4 is 22.3 Å². The summed E-state index contributed by atoms with van der Waals surface area (Å²) in [5.74, 6) is -1.99. The quantitative estimate of drug-likeness (QED) is 0.540. The Hall–Kier alpha value is -3.15. The summed E-state index contributed by atoms with van der Waals surface area (Å²) < 4.78 is 39.2. The molecule has 0 spiro atoms. The molecule has 31 heavy (non-hydrogen) atoms. The highest BCUT2D eigenvalue weighted by Crippen LogP contribution is 2.42. The molecule has 2 N–H and O–H groups in total. The van der Waals surface area contributed by atoms with Crippen LogP contribution < -0.4 is 5.73 Å². The van der Waals surface area contributed by atoms with Crippen molar-refractivity contribution in [2.75, 3.05) is 0 Å². The van der Waals surface area contributed by atoms with Gasteiger partial charge in [0.05, 0.1) is 5.92 Å². The van der Waals surface area contributed by atoms with E-state index in [1.165, 1.54) is 0 Å². The van der Waals surface area contributed by atoms with Crippen LogP contribution in [0.25, 0.3) is 16.3 Å². The molecule has 1 aliphatic rings. The van der Waals surface area contributed by atoms with Gasteiger partial charge in [-0.3, -0.25) is 9.78 Å². The molecule has 3 aromatic rings. The number of carbonyl (C=O) groups is 1. The maximum atomic E-state index is 13.1. The fourth-order valence-electron chi connectivity index (χ4n) is 4.50. The minimum atomic E-state index is -4.16. The smallest absolute Gasteiger partial charge is 0.366 e. The van der Waals surface area contributed by atoms with E-state index in [0.717, 1.165) is 33.2 Å². The third-order valence-electron chi connectivity index (χ3n) is 6.15. The number of nitrogens with zero attached hydrogens (tertiary/aromatic N) is 1. The molecule has 4 rings (SSSR count). The minimum Gasteiger partial charge on any atom is -0.366 e. The number of allylic oxidation sites excluding steroid dienone is 2. The van der Waals surface area contributed by atoms with Crippen LogP contribution in [0.4, 0.5) is 13.2 Å². The van der Waals surface area contributed by atoms with Crippen molar-refractivity contribution in [1.82, 2.24) is 4.98 Å². The van der Waals surface area contributed by atoms with Gasteiger partial charge in [-0.25, -0.2) is 0 Å². The first kappa shape index (κ1) is 21.1. The van der Waals surface area contributed by atoms with Crippen molar-refractivity contribution in [3.8, 4) is 0 Å². The zero-order valence-corrected chi connectivity index (χ0v) is 17.1. The molecule has 1 amide bonds. The number of aromatic nitrogens is 1. The highest BCUT2D eigenvalue weighted by Gasteiger charge is 2.39. The number of fused-ring (bicyclic) bond motifs is 1. The maximum absolute atomic E-state index is 13.1. The zero-order valence-electron chi connectivity index (χ0n) is 17.1. The van der Waals surface area contributed by atoms with Gasteiger partial charge in [-0.1, -0.05) is 43.3 Å². The lowest BCUT2D eigenvalue weighted by atomic mass is 9.82. The largest absolute Gasteiger partial charge is 0.392 e. The predicted octanol–water partition coefficient (Wildman–Crippen LogP) is 6.23. The van der Waals surface area contributed by atoms with E-state index in [9.17, 15) is 18.0 Å². The van der Waals surface area contributed by atoms with Crippen molar-refractivity contribution in [3.63, 3.8) is 0 Å². The predicted molar refractivity (Wildman–Crippen MR) is 116 cm³/mol. The van der Waals surface area contributed by atoms with Gasteiger partial charge in [-0.05, 0) is 64.9 Å². The second-order valence-corrected chi connectivity index (χ2v) is 8.01. The summed E-state index contributed by atoms with van der Waals surface area (Å²) in [7, 11) is 0. The van der Waals surface area contributed by atoms with Gasteiger partial charge in [0.1, 0.15) is 0 Å². The average Bonchev–Trinajstić information content (AvgIpc) is 2.77. The van der Waals surface area contributed by atoms with E-state index in [2.05, 4.69) is 4.98 Å². The SMILES string of the molecule is C[C@H](c1ccccn1)c1c(C(N)=O)ccc2c(C3=CCC(C(F)(F)F)CC3)cccc12. The summed E-state index contributed by atoms with van der Waals surface area (Å²) >= 11 is 0. The molecule has 0 aliphatic heterocycles. The molecular weight excluding hydrogens is 401 g/mol. The Morgan fingerprint density at radius 1 is 1.10 bits per heavy atom. The number of nitrogens with two attached hydrogens (primary N) is 1. The van der Waals surface area contributed by atoms with Gasteiger partial charge in [0.15, 0.2) is 0 Å². The lowest BCUT2D eigenvalue weighted by Crippen LogP contribution is -2.24. The number of carbonyl (C=O) groups excluding carboxylic acids is 1. The lowest BCUT2D eigenvalue weighted by molar-refractivity contribution is -0.175. The third-order valence-corrected chi connectivity index (χ3v) is 6.15. The van der Waals surface area contributed by atoms with Gasteiger partial charge in [0.25, 0.3) is 0 Å². The van der Waals surface area contributed by atoms with Gasteiger partial charge in [-0.15, -0.1) is 0 Å². The van der Waals surface area contributed by atoms with E-state index >= 15 is 0 Å². The highest BCUT2D eigenvalue weighted by atomic mass is 19.4. The number of amides is 1. The van der Waals surface area contributed by atoms with Gasteiger partial charge in [0.2, 0.25) is 5.91 Å². The van der Waals surface area contributed by atoms with Crippen LogP contribution in [-0.4, -0.2) is 17.1 Å². The van der Waals surface area contributed by atoms with E-state index in [1.807, 2.05) is 49.4 Å². The number of benzene rings is 2.